The quantitative estimate of drug-likeness (QED) is 0.455. The first-order valence-corrected chi connectivity index (χ1v) is 9.59. The number of rotatable bonds is 5. The molecule has 142 valence electrons. The van der Waals surface area contributed by atoms with Gasteiger partial charge >= 0.3 is 5.97 Å². The molecule has 7 heteroatoms. The van der Waals surface area contributed by atoms with Gasteiger partial charge in [0.2, 0.25) is 0 Å². The Morgan fingerprint density at radius 1 is 1.22 bits per heavy atom. The molecular formula is C20H22ClN3O2S. The summed E-state index contributed by atoms with van der Waals surface area (Å²) in [6.07, 6.45) is 3.35. The fraction of sp³-hybridized carbons (Fsp3) is 0.250. The van der Waals surface area contributed by atoms with Crippen LogP contribution < -0.4 is 5.32 Å². The number of hydrogen-bond acceptors (Lipinski definition) is 6. The van der Waals surface area contributed by atoms with E-state index < -0.39 is 5.97 Å². The molecule has 0 amide bonds. The Morgan fingerprint density at radius 3 is 2.70 bits per heavy atom. The summed E-state index contributed by atoms with van der Waals surface area (Å²) < 4.78 is 5.39. The Bertz CT molecular complexity index is 963. The van der Waals surface area contributed by atoms with Crippen molar-refractivity contribution in [1.82, 2.24) is 9.97 Å². The van der Waals surface area contributed by atoms with E-state index in [0.29, 0.717) is 16.9 Å². The second-order valence-corrected chi connectivity index (χ2v) is 7.06. The number of nitrogens with one attached hydrogen (secondary N) is 1. The van der Waals surface area contributed by atoms with Crippen LogP contribution in [0.2, 0.25) is 0 Å². The second kappa shape index (κ2) is 9.06. The predicted molar refractivity (Wildman–Crippen MR) is 114 cm³/mol. The van der Waals surface area contributed by atoms with E-state index in [4.69, 9.17) is 4.74 Å². The lowest BCUT2D eigenvalue weighted by Crippen LogP contribution is -2.14. The van der Waals surface area contributed by atoms with E-state index in [2.05, 4.69) is 15.3 Å². The van der Waals surface area contributed by atoms with Crippen LogP contribution in [0.5, 0.6) is 0 Å². The lowest BCUT2D eigenvalue weighted by atomic mass is 10.1. The number of aromatic nitrogens is 2. The van der Waals surface area contributed by atoms with Crippen molar-refractivity contribution < 1.29 is 9.53 Å². The lowest BCUT2D eigenvalue weighted by molar-refractivity contribution is 0.0379. The number of anilines is 2. The highest BCUT2D eigenvalue weighted by atomic mass is 35.5. The van der Waals surface area contributed by atoms with E-state index in [9.17, 15) is 4.79 Å². The molecule has 1 N–H and O–H groups in total. The number of hydrogen-bond donors (Lipinski definition) is 1. The van der Waals surface area contributed by atoms with Crippen molar-refractivity contribution in [1.29, 1.82) is 0 Å². The zero-order valence-corrected chi connectivity index (χ0v) is 17.3. The average molecular weight is 404 g/mol. The largest absolute Gasteiger partial charge is 0.459 e. The average Bonchev–Trinajstić information content (AvgIpc) is 2.61. The van der Waals surface area contributed by atoms with Gasteiger partial charge in [-0.25, -0.2) is 14.8 Å². The highest BCUT2D eigenvalue weighted by Crippen LogP contribution is 2.30. The summed E-state index contributed by atoms with van der Waals surface area (Å²) in [6.45, 7) is 5.57. The number of nitrogens with zero attached hydrogens (tertiary/aromatic N) is 2. The Morgan fingerprint density at radius 2 is 2.00 bits per heavy atom. The lowest BCUT2D eigenvalue weighted by Gasteiger charge is -2.15. The van der Waals surface area contributed by atoms with Gasteiger partial charge in [-0.1, -0.05) is 6.07 Å². The molecule has 1 aromatic carbocycles. The smallest absolute Gasteiger partial charge is 0.342 e. The van der Waals surface area contributed by atoms with Gasteiger partial charge in [0.05, 0.1) is 11.8 Å². The van der Waals surface area contributed by atoms with Gasteiger partial charge in [-0.2, -0.15) is 0 Å². The van der Waals surface area contributed by atoms with Crippen molar-refractivity contribution in [3.63, 3.8) is 0 Å². The molecule has 0 atom stereocenters. The van der Waals surface area contributed by atoms with Gasteiger partial charge in [0, 0.05) is 27.9 Å². The van der Waals surface area contributed by atoms with Crippen molar-refractivity contribution in [3.8, 4) is 0 Å². The van der Waals surface area contributed by atoms with Crippen molar-refractivity contribution in [3.05, 3.63) is 53.9 Å². The van der Waals surface area contributed by atoms with Crippen LogP contribution in [0.25, 0.3) is 11.0 Å². The number of halogens is 1. The summed E-state index contributed by atoms with van der Waals surface area (Å²) in [6, 6.07) is 11.9. The van der Waals surface area contributed by atoms with Crippen molar-refractivity contribution in [2.24, 2.45) is 0 Å². The number of thioether (sulfide) groups is 1. The van der Waals surface area contributed by atoms with Gasteiger partial charge in [-0.3, -0.25) is 0 Å². The molecule has 3 rings (SSSR count). The molecule has 0 unspecified atom stereocenters. The zero-order chi connectivity index (χ0) is 18.7. The fourth-order valence-electron chi connectivity index (χ4n) is 2.58. The minimum Gasteiger partial charge on any atom is -0.459 e. The topological polar surface area (TPSA) is 64.1 Å². The van der Waals surface area contributed by atoms with E-state index in [1.165, 1.54) is 6.20 Å². The summed E-state index contributed by atoms with van der Waals surface area (Å²) in [4.78, 5) is 22.5. The Hall–Kier alpha value is -2.31. The SMILES string of the molecule is CSc1cccc(Nc2c(C(=O)OC(C)C)cnc3nc(C)ccc23)c1.Cl. The molecule has 0 bridgehead atoms. The van der Waals surface area contributed by atoms with Crippen LogP contribution in [0.4, 0.5) is 11.4 Å². The third-order valence-electron chi connectivity index (χ3n) is 3.77. The third kappa shape index (κ3) is 4.90. The van der Waals surface area contributed by atoms with Gasteiger partial charge < -0.3 is 10.1 Å². The molecule has 0 spiro atoms. The standard InChI is InChI=1S/C20H21N3O2S.ClH/c1-12(2)25-20(24)17-11-21-19-16(9-8-13(3)22-19)18(17)23-14-6-5-7-15(10-14)26-4;/h5-12H,1-4H3,(H,21,22,23);1H. The van der Waals surface area contributed by atoms with Gasteiger partial charge in [0.15, 0.2) is 5.65 Å². The molecule has 5 nitrogen and oxygen atoms in total. The van der Waals surface area contributed by atoms with Gasteiger partial charge in [0.25, 0.3) is 0 Å². The summed E-state index contributed by atoms with van der Waals surface area (Å²) >= 11 is 1.66. The normalized spacial score (nSPS) is 10.6. The maximum atomic E-state index is 12.6. The van der Waals surface area contributed by atoms with Gasteiger partial charge in [-0.15, -0.1) is 24.2 Å². The number of carbonyl (C=O) groups is 1. The van der Waals surface area contributed by atoms with Gasteiger partial charge in [0.1, 0.15) is 5.56 Å². The molecule has 27 heavy (non-hydrogen) atoms. The van der Waals surface area contributed by atoms with E-state index >= 15 is 0 Å². The van der Waals surface area contributed by atoms with Crippen LogP contribution in [0.1, 0.15) is 29.9 Å². The van der Waals surface area contributed by atoms with Crippen molar-refractivity contribution in [2.45, 2.75) is 31.8 Å². The Kier molecular flexibility index (Phi) is 7.05. The molecule has 2 heterocycles. The number of aryl methyl sites for hydroxylation is 1. The maximum Gasteiger partial charge on any atom is 0.342 e. The third-order valence-corrected chi connectivity index (χ3v) is 4.50. The monoisotopic (exact) mass is 403 g/mol. The molecule has 3 aromatic rings. The summed E-state index contributed by atoms with van der Waals surface area (Å²) in [5, 5.41) is 4.15. The number of fused-ring (bicyclic) bond motifs is 1. The molecule has 2 aromatic heterocycles. The van der Waals surface area contributed by atoms with Crippen LogP contribution in [-0.2, 0) is 4.74 Å². The summed E-state index contributed by atoms with van der Waals surface area (Å²) in [5.41, 5.74) is 3.41. The molecule has 0 aliphatic heterocycles. The van der Waals surface area contributed by atoms with Crippen LogP contribution in [-0.4, -0.2) is 28.3 Å². The van der Waals surface area contributed by atoms with E-state index in [0.717, 1.165) is 21.7 Å². The van der Waals surface area contributed by atoms with E-state index in [1.807, 2.05) is 63.4 Å². The fourth-order valence-corrected chi connectivity index (χ4v) is 3.04. The first-order chi connectivity index (χ1) is 12.5. The van der Waals surface area contributed by atoms with E-state index in [1.54, 1.807) is 11.8 Å². The minimum absolute atomic E-state index is 0. The number of ether oxygens (including phenoxy) is 1. The Balaban J connectivity index is 0.00000261. The molecule has 0 saturated carbocycles. The van der Waals surface area contributed by atoms with Crippen LogP contribution in [0.3, 0.4) is 0 Å². The van der Waals surface area contributed by atoms with Crippen LogP contribution in [0, 0.1) is 6.92 Å². The first kappa shape index (κ1) is 21.0. The zero-order valence-electron chi connectivity index (χ0n) is 15.6. The minimum atomic E-state index is -0.404. The second-order valence-electron chi connectivity index (χ2n) is 6.18. The molecule has 0 aliphatic carbocycles. The predicted octanol–water partition coefficient (Wildman–Crippen LogP) is 5.39. The van der Waals surface area contributed by atoms with E-state index in [-0.39, 0.29) is 18.5 Å². The van der Waals surface area contributed by atoms with Crippen LogP contribution in [0.15, 0.2) is 47.5 Å². The summed E-state index contributed by atoms with van der Waals surface area (Å²) in [5.74, 6) is -0.404. The Labute approximate surface area is 169 Å². The highest BCUT2D eigenvalue weighted by Gasteiger charge is 2.19. The first-order valence-electron chi connectivity index (χ1n) is 8.36. The number of esters is 1. The maximum absolute atomic E-state index is 12.6. The number of benzene rings is 1. The number of pyridine rings is 2. The molecule has 0 saturated heterocycles. The molecule has 0 radical (unpaired) electrons. The molecular weight excluding hydrogens is 382 g/mol. The van der Waals surface area contributed by atoms with Crippen LogP contribution >= 0.6 is 24.2 Å². The number of carbonyl (C=O) groups excluding carboxylic acids is 1. The molecule has 0 fully saturated rings. The van der Waals surface area contributed by atoms with Gasteiger partial charge in [-0.05, 0) is 57.4 Å². The van der Waals surface area contributed by atoms with Crippen molar-refractivity contribution in [2.75, 3.05) is 11.6 Å². The summed E-state index contributed by atoms with van der Waals surface area (Å²) in [7, 11) is 0. The van der Waals surface area contributed by atoms with Crippen molar-refractivity contribution >= 4 is 52.5 Å². The highest BCUT2D eigenvalue weighted by molar-refractivity contribution is 7.98. The molecule has 0 aliphatic rings.